The number of hydrogen-bond donors (Lipinski definition) is 1. The minimum atomic E-state index is -2.42. The molecule has 0 spiro atoms. The highest BCUT2D eigenvalue weighted by Crippen LogP contribution is 2.31. The van der Waals surface area contributed by atoms with E-state index in [0.717, 1.165) is 27.7 Å². The number of nitrogens with one attached hydrogen (secondary N) is 1. The second-order valence-electron chi connectivity index (χ2n) is 6.10. The Bertz CT molecular complexity index is 695. The van der Waals surface area contributed by atoms with Crippen molar-refractivity contribution in [3.8, 4) is 0 Å². The average Bonchev–Trinajstić information content (AvgIpc) is 2.56. The molecule has 1 saturated heterocycles. The maximum Gasteiger partial charge on any atom is 0.305 e. The van der Waals surface area contributed by atoms with Crippen LogP contribution in [0.3, 0.4) is 0 Å². The van der Waals surface area contributed by atoms with Crippen LogP contribution in [0.2, 0.25) is 0 Å². The summed E-state index contributed by atoms with van der Waals surface area (Å²) in [5.41, 5.74) is 0. The lowest BCUT2D eigenvalue weighted by Gasteiger charge is -2.44. The molecule has 1 heterocycles. The van der Waals surface area contributed by atoms with E-state index in [-0.39, 0.29) is 0 Å². The van der Waals surface area contributed by atoms with Gasteiger partial charge in [0, 0.05) is 27.7 Å². The summed E-state index contributed by atoms with van der Waals surface area (Å²) in [5, 5.41) is 2.25. The van der Waals surface area contributed by atoms with Crippen LogP contribution in [0.25, 0.3) is 0 Å². The number of rotatable bonds is 6. The summed E-state index contributed by atoms with van der Waals surface area (Å²) in [6, 6.07) is -1.45. The van der Waals surface area contributed by atoms with Crippen molar-refractivity contribution in [3.05, 3.63) is 0 Å². The van der Waals surface area contributed by atoms with Crippen molar-refractivity contribution < 1.29 is 47.7 Å². The van der Waals surface area contributed by atoms with Gasteiger partial charge in [-0.1, -0.05) is 34.8 Å². The molecule has 0 aromatic carbocycles. The van der Waals surface area contributed by atoms with Crippen LogP contribution in [-0.4, -0.2) is 70.8 Å². The summed E-state index contributed by atoms with van der Waals surface area (Å²) in [7, 11) is 0. The van der Waals surface area contributed by atoms with Crippen molar-refractivity contribution in [3.63, 3.8) is 0 Å². The molecular formula is C16H20Cl3NO10. The van der Waals surface area contributed by atoms with Crippen molar-refractivity contribution in [1.29, 1.82) is 0 Å². The number of carbonyl (C=O) groups is 5. The van der Waals surface area contributed by atoms with Gasteiger partial charge >= 0.3 is 23.9 Å². The molecule has 0 saturated carbocycles. The van der Waals surface area contributed by atoms with E-state index in [1.54, 1.807) is 0 Å². The highest BCUT2D eigenvalue weighted by atomic mass is 35.6. The van der Waals surface area contributed by atoms with Crippen molar-refractivity contribution in [1.82, 2.24) is 5.32 Å². The fraction of sp³-hybridized carbons (Fsp3) is 0.688. The van der Waals surface area contributed by atoms with Gasteiger partial charge in [-0.3, -0.25) is 24.0 Å². The van der Waals surface area contributed by atoms with Crippen molar-refractivity contribution in [2.45, 2.75) is 62.1 Å². The molecule has 0 aromatic heterocycles. The van der Waals surface area contributed by atoms with E-state index in [9.17, 15) is 24.0 Å². The molecule has 14 heteroatoms. The summed E-state index contributed by atoms with van der Waals surface area (Å²) < 4.78 is 23.5. The average molecular weight is 493 g/mol. The predicted molar refractivity (Wildman–Crippen MR) is 100 cm³/mol. The Hall–Kier alpha value is -1.82. The number of esters is 4. The Morgan fingerprint density at radius 2 is 1.33 bits per heavy atom. The number of carbonyl (C=O) groups excluding carboxylic acids is 5. The van der Waals surface area contributed by atoms with Crippen LogP contribution in [0, 0.1) is 0 Å². The topological polar surface area (TPSA) is 144 Å². The molecule has 2 unspecified atom stereocenters. The van der Waals surface area contributed by atoms with E-state index in [0.29, 0.717) is 0 Å². The summed E-state index contributed by atoms with van der Waals surface area (Å²) in [6.07, 6.45) is -5.64. The minimum Gasteiger partial charge on any atom is -0.463 e. The lowest BCUT2D eigenvalue weighted by Crippen LogP contribution is -2.67. The molecule has 1 fully saturated rings. The van der Waals surface area contributed by atoms with Crippen molar-refractivity contribution in [2.24, 2.45) is 0 Å². The molecule has 1 aliphatic rings. The number of halogens is 3. The van der Waals surface area contributed by atoms with Crippen LogP contribution in [0.5, 0.6) is 0 Å². The zero-order valence-corrected chi connectivity index (χ0v) is 18.6. The predicted octanol–water partition coefficient (Wildman–Crippen LogP) is 0.556. The Kier molecular flexibility index (Phi) is 9.60. The number of amides is 1. The highest BCUT2D eigenvalue weighted by molar-refractivity contribution is 6.76. The van der Waals surface area contributed by atoms with E-state index in [2.05, 4.69) is 5.32 Å². The molecule has 1 aliphatic heterocycles. The zero-order valence-electron chi connectivity index (χ0n) is 16.3. The Morgan fingerprint density at radius 1 is 0.833 bits per heavy atom. The first kappa shape index (κ1) is 26.2. The summed E-state index contributed by atoms with van der Waals surface area (Å²) >= 11 is 16.7. The number of hydrogen-bond acceptors (Lipinski definition) is 10. The minimum absolute atomic E-state index is 0.450. The lowest BCUT2D eigenvalue weighted by atomic mass is 9.96. The van der Waals surface area contributed by atoms with Gasteiger partial charge in [-0.2, -0.15) is 0 Å². The van der Waals surface area contributed by atoms with E-state index in [4.69, 9.17) is 58.5 Å². The van der Waals surface area contributed by atoms with Crippen LogP contribution in [0.4, 0.5) is 0 Å². The third-order valence-corrected chi connectivity index (χ3v) is 4.05. The van der Waals surface area contributed by atoms with Crippen LogP contribution < -0.4 is 5.32 Å². The van der Waals surface area contributed by atoms with Gasteiger partial charge in [0.2, 0.25) is 6.29 Å². The maximum absolute atomic E-state index is 12.2. The van der Waals surface area contributed by atoms with Crippen molar-refractivity contribution >= 4 is 64.6 Å². The van der Waals surface area contributed by atoms with Crippen LogP contribution in [-0.2, 0) is 47.7 Å². The third kappa shape index (κ3) is 8.13. The molecule has 5 atom stereocenters. The number of ether oxygens (including phenoxy) is 5. The fourth-order valence-electron chi connectivity index (χ4n) is 2.55. The molecular weight excluding hydrogens is 473 g/mol. The van der Waals surface area contributed by atoms with E-state index < -0.39 is 70.8 Å². The highest BCUT2D eigenvalue weighted by Gasteiger charge is 2.53. The molecule has 170 valence electrons. The van der Waals surface area contributed by atoms with Gasteiger partial charge in [-0.05, 0) is 0 Å². The van der Waals surface area contributed by atoms with Gasteiger partial charge in [0.25, 0.3) is 9.70 Å². The molecule has 11 nitrogen and oxygen atoms in total. The van der Waals surface area contributed by atoms with Gasteiger partial charge in [-0.15, -0.1) is 0 Å². The Morgan fingerprint density at radius 3 is 1.77 bits per heavy atom. The second kappa shape index (κ2) is 11.0. The van der Waals surface area contributed by atoms with Gasteiger partial charge in [-0.25, -0.2) is 0 Å². The number of alkyl halides is 3. The summed E-state index contributed by atoms with van der Waals surface area (Å²) in [5.74, 6) is -4.30. The SMILES string of the molecule is CC(=O)OCC1O[C@@H](OC(C)=O)C(NC(=O)C(Cl)(Cl)Cl)[C@H](OC(C)=O)[C@@H]1OC(C)=O. The first-order valence-corrected chi connectivity index (χ1v) is 9.54. The Balaban J connectivity index is 3.39. The molecule has 0 aromatic rings. The van der Waals surface area contributed by atoms with Gasteiger partial charge < -0.3 is 29.0 Å². The fourth-order valence-corrected chi connectivity index (χ4v) is 2.72. The van der Waals surface area contributed by atoms with E-state index in [1.165, 1.54) is 0 Å². The normalized spacial score (nSPS) is 26.2. The summed E-state index contributed by atoms with van der Waals surface area (Å²) in [4.78, 5) is 58.2. The molecule has 1 N–H and O–H groups in total. The zero-order chi connectivity index (χ0) is 23.2. The van der Waals surface area contributed by atoms with Gasteiger partial charge in [0.15, 0.2) is 12.2 Å². The van der Waals surface area contributed by atoms with Crippen LogP contribution in [0.1, 0.15) is 27.7 Å². The first-order valence-electron chi connectivity index (χ1n) is 8.40. The Labute approximate surface area is 186 Å². The molecule has 0 bridgehead atoms. The summed E-state index contributed by atoms with van der Waals surface area (Å²) in [6.45, 7) is 3.85. The standard InChI is InChI=1S/C16H20Cl3NO10/c1-6(21)26-5-10-12(27-7(2)22)13(28-8(3)23)11(14(30-10)29-9(4)24)20-15(25)16(17,18)19/h10-14H,5H2,1-4H3,(H,20,25)/t10?,11?,12-,13+,14-/m1/s1. The maximum atomic E-state index is 12.2. The first-order chi connectivity index (χ1) is 13.7. The lowest BCUT2D eigenvalue weighted by molar-refractivity contribution is -0.271. The smallest absolute Gasteiger partial charge is 0.305 e. The second-order valence-corrected chi connectivity index (χ2v) is 8.38. The van der Waals surface area contributed by atoms with Crippen molar-refractivity contribution in [2.75, 3.05) is 6.61 Å². The van der Waals surface area contributed by atoms with Gasteiger partial charge in [0.1, 0.15) is 18.8 Å². The quantitative estimate of drug-likeness (QED) is 0.317. The van der Waals surface area contributed by atoms with E-state index in [1.807, 2.05) is 0 Å². The van der Waals surface area contributed by atoms with Gasteiger partial charge in [0.05, 0.1) is 0 Å². The molecule has 1 amide bonds. The van der Waals surface area contributed by atoms with Crippen LogP contribution >= 0.6 is 34.8 Å². The van der Waals surface area contributed by atoms with Crippen LogP contribution in [0.15, 0.2) is 0 Å². The third-order valence-electron chi connectivity index (χ3n) is 3.54. The molecule has 30 heavy (non-hydrogen) atoms. The molecule has 0 aliphatic carbocycles. The van der Waals surface area contributed by atoms with E-state index >= 15 is 0 Å². The molecule has 0 radical (unpaired) electrons. The monoisotopic (exact) mass is 491 g/mol. The largest absolute Gasteiger partial charge is 0.463 e. The molecule has 1 rings (SSSR count).